The van der Waals surface area contributed by atoms with Crippen LogP contribution in [-0.2, 0) is 19.2 Å². The predicted octanol–water partition coefficient (Wildman–Crippen LogP) is 7.62. The average molecular weight is 552 g/mol. The highest BCUT2D eigenvalue weighted by atomic mass is 19.4. The van der Waals surface area contributed by atoms with Crippen LogP contribution < -0.4 is 9.47 Å². The molecular formula is C29H27F6NO3. The molecule has 0 saturated heterocycles. The first-order valence-electron chi connectivity index (χ1n) is 12.6. The fourth-order valence-corrected chi connectivity index (χ4v) is 5.02. The van der Waals surface area contributed by atoms with E-state index in [1.807, 2.05) is 0 Å². The van der Waals surface area contributed by atoms with Crippen LogP contribution in [0.5, 0.6) is 11.6 Å². The fraction of sp³-hybridized carbons (Fsp3) is 0.414. The number of ether oxygens (including phenoxy) is 2. The monoisotopic (exact) mass is 551 g/mol. The summed E-state index contributed by atoms with van der Waals surface area (Å²) in [6.45, 7) is 2.69. The van der Waals surface area contributed by atoms with Gasteiger partial charge in [0.2, 0.25) is 5.88 Å². The van der Waals surface area contributed by atoms with Crippen molar-refractivity contribution in [1.29, 1.82) is 0 Å². The number of nitrogens with zero attached hydrogens (tertiary/aromatic N) is 1. The van der Waals surface area contributed by atoms with Crippen LogP contribution in [0.3, 0.4) is 0 Å². The molecule has 0 radical (unpaired) electrons. The minimum absolute atomic E-state index is 0.00933. The molecule has 0 spiro atoms. The third-order valence-electron chi connectivity index (χ3n) is 7.20. The lowest BCUT2D eigenvalue weighted by molar-refractivity contribution is -0.137. The molecule has 2 atom stereocenters. The van der Waals surface area contributed by atoms with Crippen molar-refractivity contribution >= 4 is 0 Å². The van der Waals surface area contributed by atoms with Gasteiger partial charge in [0.1, 0.15) is 18.2 Å². The molecule has 1 N–H and O–H groups in total. The van der Waals surface area contributed by atoms with Crippen molar-refractivity contribution in [2.45, 2.75) is 63.8 Å². The van der Waals surface area contributed by atoms with E-state index in [1.54, 1.807) is 26.1 Å². The Hall–Kier alpha value is -3.27. The Bertz CT molecular complexity index is 1380. The minimum atomic E-state index is -5.00. The van der Waals surface area contributed by atoms with E-state index in [9.17, 15) is 31.4 Å². The summed E-state index contributed by atoms with van der Waals surface area (Å²) in [5.41, 5.74) is -2.08. The largest absolute Gasteiger partial charge is 0.493 e. The van der Waals surface area contributed by atoms with Crippen molar-refractivity contribution in [1.82, 2.24) is 4.98 Å². The van der Waals surface area contributed by atoms with E-state index in [2.05, 4.69) is 4.98 Å². The lowest BCUT2D eigenvalue weighted by Crippen LogP contribution is -2.21. The molecule has 1 fully saturated rings. The van der Waals surface area contributed by atoms with Crippen molar-refractivity contribution in [3.63, 3.8) is 0 Å². The first-order chi connectivity index (χ1) is 18.3. The van der Waals surface area contributed by atoms with Crippen LogP contribution in [0, 0.1) is 11.7 Å². The van der Waals surface area contributed by atoms with Crippen LogP contribution in [0.2, 0.25) is 0 Å². The number of alkyl halides is 5. The van der Waals surface area contributed by atoms with Crippen LogP contribution >= 0.6 is 0 Å². The van der Waals surface area contributed by atoms with Crippen molar-refractivity contribution in [3.8, 4) is 22.8 Å². The number of halogens is 6. The maximum absolute atomic E-state index is 14.8. The topological polar surface area (TPSA) is 51.6 Å². The summed E-state index contributed by atoms with van der Waals surface area (Å²) in [6.07, 6.45) is -4.16. The van der Waals surface area contributed by atoms with E-state index in [4.69, 9.17) is 9.47 Å². The fourth-order valence-electron chi connectivity index (χ4n) is 5.02. The second-order valence-corrected chi connectivity index (χ2v) is 10.8. The van der Waals surface area contributed by atoms with Crippen molar-refractivity contribution in [2.24, 2.45) is 5.92 Å². The molecule has 1 heterocycles. The van der Waals surface area contributed by atoms with Gasteiger partial charge in [-0.2, -0.15) is 13.2 Å². The number of hydrogen-bond acceptors (Lipinski definition) is 4. The van der Waals surface area contributed by atoms with E-state index >= 15 is 0 Å². The molecule has 2 aromatic carbocycles. The Kier molecular flexibility index (Phi) is 7.03. The van der Waals surface area contributed by atoms with Gasteiger partial charge in [0, 0.05) is 29.8 Å². The molecule has 2 aliphatic rings. The smallest absolute Gasteiger partial charge is 0.417 e. The summed E-state index contributed by atoms with van der Waals surface area (Å²) in [7, 11) is 0. The quantitative estimate of drug-likeness (QED) is 0.278. The Morgan fingerprint density at radius 3 is 2.51 bits per heavy atom. The second kappa shape index (κ2) is 10.0. The molecule has 2 aliphatic carbocycles. The van der Waals surface area contributed by atoms with Gasteiger partial charge >= 0.3 is 6.18 Å². The van der Waals surface area contributed by atoms with Crippen LogP contribution in [0.25, 0.3) is 11.1 Å². The first-order valence-corrected chi connectivity index (χ1v) is 12.6. The molecule has 208 valence electrons. The van der Waals surface area contributed by atoms with Crippen molar-refractivity contribution in [3.05, 3.63) is 76.2 Å². The number of pyridine rings is 1. The molecule has 4 nitrogen and oxygen atoms in total. The van der Waals surface area contributed by atoms with Gasteiger partial charge in [-0.1, -0.05) is 6.07 Å². The SMILES string of the molecule is CC(C)(O)CCOc1ccc(-c2cc(COc3cc4c(cn3)C3CC3C4)c(F)cc2C(F)(F)F)c(C(F)F)c1. The third-order valence-corrected chi connectivity index (χ3v) is 7.20. The Morgan fingerprint density at radius 1 is 1.05 bits per heavy atom. The molecule has 39 heavy (non-hydrogen) atoms. The Morgan fingerprint density at radius 2 is 1.82 bits per heavy atom. The molecule has 0 aliphatic heterocycles. The number of benzene rings is 2. The van der Waals surface area contributed by atoms with E-state index in [-0.39, 0.29) is 30.2 Å². The average Bonchev–Trinajstić information content (AvgIpc) is 3.52. The third kappa shape index (κ3) is 6.00. The molecular weight excluding hydrogens is 524 g/mol. The van der Waals surface area contributed by atoms with Crippen LogP contribution in [0.1, 0.15) is 66.8 Å². The zero-order valence-electron chi connectivity index (χ0n) is 21.3. The predicted molar refractivity (Wildman–Crippen MR) is 131 cm³/mol. The van der Waals surface area contributed by atoms with Crippen molar-refractivity contribution < 1.29 is 40.9 Å². The molecule has 3 aromatic rings. The van der Waals surface area contributed by atoms with E-state index in [0.29, 0.717) is 17.9 Å². The highest BCUT2D eigenvalue weighted by molar-refractivity contribution is 5.73. The summed E-state index contributed by atoms with van der Waals surface area (Å²) >= 11 is 0. The lowest BCUT2D eigenvalue weighted by Gasteiger charge is -2.20. The second-order valence-electron chi connectivity index (χ2n) is 10.8. The minimum Gasteiger partial charge on any atom is -0.493 e. The van der Waals surface area contributed by atoms with Gasteiger partial charge in [0.15, 0.2) is 0 Å². The maximum Gasteiger partial charge on any atom is 0.417 e. The van der Waals surface area contributed by atoms with Crippen molar-refractivity contribution in [2.75, 3.05) is 6.61 Å². The molecule has 10 heteroatoms. The number of aliphatic hydroxyl groups is 1. The molecule has 1 saturated carbocycles. The highest BCUT2D eigenvalue weighted by Crippen LogP contribution is 2.56. The normalized spacial score (nSPS) is 18.2. The highest BCUT2D eigenvalue weighted by Gasteiger charge is 2.45. The first kappa shape index (κ1) is 27.3. The summed E-state index contributed by atoms with van der Waals surface area (Å²) < 4.78 is 95.7. The van der Waals surface area contributed by atoms with Crippen LogP contribution in [-0.4, -0.2) is 22.3 Å². The number of rotatable bonds is 9. The molecule has 1 aromatic heterocycles. The molecule has 5 rings (SSSR count). The van der Waals surface area contributed by atoms with Gasteiger partial charge in [-0.25, -0.2) is 18.2 Å². The van der Waals surface area contributed by atoms with Gasteiger partial charge in [-0.3, -0.25) is 0 Å². The lowest BCUT2D eigenvalue weighted by atomic mass is 9.93. The Balaban J connectivity index is 1.45. The Labute approximate surface area is 221 Å². The van der Waals surface area contributed by atoms with Crippen LogP contribution in [0.15, 0.2) is 42.6 Å². The number of aromatic nitrogens is 1. The van der Waals surface area contributed by atoms with Gasteiger partial charge in [0.05, 0.1) is 17.8 Å². The summed E-state index contributed by atoms with van der Waals surface area (Å²) in [6, 6.07) is 6.29. The van der Waals surface area contributed by atoms with Gasteiger partial charge in [-0.05, 0) is 85.0 Å². The molecule has 0 bridgehead atoms. The van der Waals surface area contributed by atoms with Gasteiger partial charge in [0.25, 0.3) is 6.43 Å². The zero-order chi connectivity index (χ0) is 28.1. The summed E-state index contributed by atoms with van der Waals surface area (Å²) in [5.74, 6) is 0.210. The van der Waals surface area contributed by atoms with Gasteiger partial charge in [-0.15, -0.1) is 0 Å². The maximum atomic E-state index is 14.8. The molecule has 0 amide bonds. The molecule has 2 unspecified atom stereocenters. The zero-order valence-corrected chi connectivity index (χ0v) is 21.3. The van der Waals surface area contributed by atoms with E-state index < -0.39 is 52.9 Å². The summed E-state index contributed by atoms with van der Waals surface area (Å²) in [4.78, 5) is 4.24. The van der Waals surface area contributed by atoms with E-state index in [0.717, 1.165) is 36.6 Å². The standard InChI is InChI=1S/C29H27F6NO3/c1-28(2,37)5-6-38-18-3-4-19(22(11-18)27(31)32)21-9-17(25(30)12-24(21)29(33,34)35)14-39-26-10-16-7-15-8-20(15)23(16)13-36-26/h3-4,9-13,15,20,27,37H,5-8,14H2,1-2H3. The van der Waals surface area contributed by atoms with E-state index in [1.165, 1.54) is 11.6 Å². The van der Waals surface area contributed by atoms with Gasteiger partial charge < -0.3 is 14.6 Å². The van der Waals surface area contributed by atoms with Crippen LogP contribution in [0.4, 0.5) is 26.3 Å². The number of hydrogen-bond donors (Lipinski definition) is 1. The number of fused-ring (bicyclic) bond motifs is 3. The summed E-state index contributed by atoms with van der Waals surface area (Å²) in [5, 5.41) is 9.80.